The number of carbonyl (C=O) groups is 2. The Hall–Kier alpha value is -2.15. The first kappa shape index (κ1) is 16.2. The molecular weight excluding hydrogens is 350 g/mol. The summed E-state index contributed by atoms with van der Waals surface area (Å²) in [5.74, 6) is -0.0901. The third-order valence-electron chi connectivity index (χ3n) is 3.04. The summed E-state index contributed by atoms with van der Waals surface area (Å²) in [4.78, 5) is 25.4. The number of hydrogen-bond acceptors (Lipinski definition) is 4. The van der Waals surface area contributed by atoms with E-state index in [1.807, 2.05) is 19.1 Å². The van der Waals surface area contributed by atoms with Crippen molar-refractivity contribution in [2.75, 3.05) is 18.9 Å². The van der Waals surface area contributed by atoms with Gasteiger partial charge in [-0.2, -0.15) is 0 Å². The van der Waals surface area contributed by atoms with Gasteiger partial charge in [-0.05, 0) is 37.6 Å². The van der Waals surface area contributed by atoms with Crippen molar-refractivity contribution in [3.63, 3.8) is 0 Å². The zero-order chi connectivity index (χ0) is 16.3. The minimum atomic E-state index is -0.362. The Morgan fingerprint density at radius 3 is 2.64 bits per heavy atom. The molecule has 0 saturated heterocycles. The molecule has 6 nitrogen and oxygen atoms in total. The van der Waals surface area contributed by atoms with Crippen LogP contribution in [0.25, 0.3) is 0 Å². The van der Waals surface area contributed by atoms with Crippen LogP contribution in [0.3, 0.4) is 0 Å². The van der Waals surface area contributed by atoms with Crippen molar-refractivity contribution in [2.45, 2.75) is 13.8 Å². The molecule has 0 aliphatic carbocycles. The molecule has 0 bridgehead atoms. The van der Waals surface area contributed by atoms with Crippen molar-refractivity contribution < 1.29 is 14.1 Å². The number of halogens is 1. The molecule has 2 rings (SSSR count). The Balaban J connectivity index is 1.98. The van der Waals surface area contributed by atoms with Crippen LogP contribution in [-0.2, 0) is 4.79 Å². The Morgan fingerprint density at radius 2 is 2.05 bits per heavy atom. The first-order chi connectivity index (χ1) is 10.4. The van der Waals surface area contributed by atoms with Crippen molar-refractivity contribution in [2.24, 2.45) is 0 Å². The van der Waals surface area contributed by atoms with E-state index in [9.17, 15) is 9.59 Å². The minimum Gasteiger partial charge on any atom is -0.361 e. The monoisotopic (exact) mass is 365 g/mol. The Bertz CT molecular complexity index is 712. The normalized spacial score (nSPS) is 10.4. The number of nitrogens with one attached hydrogen (secondary N) is 1. The number of aryl methyl sites for hydroxylation is 2. The van der Waals surface area contributed by atoms with Gasteiger partial charge in [-0.3, -0.25) is 9.59 Å². The van der Waals surface area contributed by atoms with Gasteiger partial charge in [0.15, 0.2) is 5.69 Å². The molecule has 0 aliphatic heterocycles. The fraction of sp³-hybridized carbons (Fsp3) is 0.267. The molecule has 0 saturated carbocycles. The van der Waals surface area contributed by atoms with Crippen LogP contribution in [0.2, 0.25) is 0 Å². The van der Waals surface area contributed by atoms with Gasteiger partial charge in [-0.1, -0.05) is 21.1 Å². The average Bonchev–Trinajstić information content (AvgIpc) is 2.87. The van der Waals surface area contributed by atoms with E-state index in [-0.39, 0.29) is 24.1 Å². The van der Waals surface area contributed by atoms with E-state index in [2.05, 4.69) is 26.4 Å². The van der Waals surface area contributed by atoms with Crippen LogP contribution in [0, 0.1) is 13.8 Å². The van der Waals surface area contributed by atoms with Gasteiger partial charge in [0.05, 0.1) is 6.54 Å². The first-order valence-corrected chi connectivity index (χ1v) is 7.41. The summed E-state index contributed by atoms with van der Waals surface area (Å²) >= 11 is 3.37. The highest BCUT2D eigenvalue weighted by Crippen LogP contribution is 2.20. The van der Waals surface area contributed by atoms with E-state index in [1.54, 1.807) is 20.0 Å². The van der Waals surface area contributed by atoms with E-state index < -0.39 is 0 Å². The van der Waals surface area contributed by atoms with Gasteiger partial charge in [-0.15, -0.1) is 0 Å². The molecule has 0 spiro atoms. The Kier molecular flexibility index (Phi) is 4.97. The molecule has 1 N–H and O–H groups in total. The van der Waals surface area contributed by atoms with E-state index in [4.69, 9.17) is 4.52 Å². The quantitative estimate of drug-likeness (QED) is 0.903. The SMILES string of the molecule is Cc1cc(C(=O)N(C)CC(=O)Nc2ccc(Br)cc2C)no1. The molecule has 1 aromatic heterocycles. The maximum absolute atomic E-state index is 12.1. The third-order valence-corrected chi connectivity index (χ3v) is 3.53. The lowest BCUT2D eigenvalue weighted by Gasteiger charge is -2.16. The summed E-state index contributed by atoms with van der Waals surface area (Å²) in [6.45, 7) is 3.53. The Morgan fingerprint density at radius 1 is 1.32 bits per heavy atom. The second-order valence-electron chi connectivity index (χ2n) is 4.99. The highest BCUT2D eigenvalue weighted by Gasteiger charge is 2.18. The van der Waals surface area contributed by atoms with Crippen LogP contribution >= 0.6 is 15.9 Å². The van der Waals surface area contributed by atoms with Crippen molar-refractivity contribution in [1.29, 1.82) is 0 Å². The van der Waals surface area contributed by atoms with Gasteiger partial charge in [-0.25, -0.2) is 0 Å². The summed E-state index contributed by atoms with van der Waals surface area (Å²) in [5.41, 5.74) is 1.84. The minimum absolute atomic E-state index is 0.0692. The predicted molar refractivity (Wildman–Crippen MR) is 85.7 cm³/mol. The average molecular weight is 366 g/mol. The number of anilines is 1. The molecule has 0 aliphatic rings. The number of likely N-dealkylation sites (N-methyl/N-ethyl adjacent to an activating group) is 1. The maximum Gasteiger partial charge on any atom is 0.276 e. The molecule has 2 amide bonds. The first-order valence-electron chi connectivity index (χ1n) is 6.61. The van der Waals surface area contributed by atoms with Crippen molar-refractivity contribution in [1.82, 2.24) is 10.1 Å². The summed E-state index contributed by atoms with van der Waals surface area (Å²) in [6.07, 6.45) is 0. The summed E-state index contributed by atoms with van der Waals surface area (Å²) in [5, 5.41) is 6.43. The molecule has 7 heteroatoms. The summed E-state index contributed by atoms with van der Waals surface area (Å²) in [7, 11) is 1.54. The predicted octanol–water partition coefficient (Wildman–Crippen LogP) is 2.76. The molecule has 22 heavy (non-hydrogen) atoms. The van der Waals surface area contributed by atoms with E-state index in [1.165, 1.54) is 11.0 Å². The smallest absolute Gasteiger partial charge is 0.276 e. The number of nitrogens with zero attached hydrogens (tertiary/aromatic N) is 2. The van der Waals surface area contributed by atoms with Crippen molar-refractivity contribution in [3.8, 4) is 0 Å². The molecule has 0 atom stereocenters. The topological polar surface area (TPSA) is 75.4 Å². The van der Waals surface area contributed by atoms with Crippen LogP contribution in [-0.4, -0.2) is 35.5 Å². The van der Waals surface area contributed by atoms with E-state index in [0.29, 0.717) is 11.4 Å². The number of amides is 2. The van der Waals surface area contributed by atoms with E-state index in [0.717, 1.165) is 10.0 Å². The maximum atomic E-state index is 12.1. The summed E-state index contributed by atoms with van der Waals surface area (Å²) in [6, 6.07) is 7.09. The second kappa shape index (κ2) is 6.74. The molecule has 2 aromatic rings. The van der Waals surface area contributed by atoms with E-state index >= 15 is 0 Å². The number of aromatic nitrogens is 1. The molecular formula is C15H16BrN3O3. The van der Waals surface area contributed by atoms with Crippen LogP contribution < -0.4 is 5.32 Å². The fourth-order valence-corrected chi connectivity index (χ4v) is 2.38. The molecule has 1 aromatic carbocycles. The van der Waals surface area contributed by atoms with Crippen LogP contribution in [0.4, 0.5) is 5.69 Å². The lowest BCUT2D eigenvalue weighted by molar-refractivity contribution is -0.116. The standard InChI is InChI=1S/C15H16BrN3O3/c1-9-6-11(16)4-5-12(9)17-14(20)8-19(3)15(21)13-7-10(2)22-18-13/h4-7H,8H2,1-3H3,(H,17,20). The largest absolute Gasteiger partial charge is 0.361 e. The van der Waals surface area contributed by atoms with Gasteiger partial charge >= 0.3 is 0 Å². The highest BCUT2D eigenvalue weighted by molar-refractivity contribution is 9.10. The van der Waals surface area contributed by atoms with Gasteiger partial charge < -0.3 is 14.7 Å². The summed E-state index contributed by atoms with van der Waals surface area (Å²) < 4.78 is 5.80. The van der Waals surface area contributed by atoms with Crippen LogP contribution in [0.1, 0.15) is 21.8 Å². The van der Waals surface area contributed by atoms with Crippen molar-refractivity contribution >= 4 is 33.4 Å². The Labute approximate surface area is 136 Å². The molecule has 0 fully saturated rings. The van der Waals surface area contributed by atoms with Crippen LogP contribution in [0.5, 0.6) is 0 Å². The number of rotatable bonds is 4. The van der Waals surface area contributed by atoms with Crippen LogP contribution in [0.15, 0.2) is 33.3 Å². The van der Waals surface area contributed by atoms with Crippen molar-refractivity contribution in [3.05, 3.63) is 45.8 Å². The third kappa shape index (κ3) is 3.94. The van der Waals surface area contributed by atoms with Gasteiger partial charge in [0, 0.05) is 23.3 Å². The molecule has 0 unspecified atom stereocenters. The molecule has 1 heterocycles. The number of benzene rings is 1. The van der Waals surface area contributed by atoms with Gasteiger partial charge in [0.2, 0.25) is 5.91 Å². The van der Waals surface area contributed by atoms with Gasteiger partial charge in [0.25, 0.3) is 5.91 Å². The zero-order valence-corrected chi connectivity index (χ0v) is 14.1. The lowest BCUT2D eigenvalue weighted by atomic mass is 10.2. The molecule has 0 radical (unpaired) electrons. The second-order valence-corrected chi connectivity index (χ2v) is 5.91. The highest BCUT2D eigenvalue weighted by atomic mass is 79.9. The van der Waals surface area contributed by atoms with Gasteiger partial charge in [0.1, 0.15) is 5.76 Å². The fourth-order valence-electron chi connectivity index (χ4n) is 1.91. The molecule has 116 valence electrons. The number of carbonyl (C=O) groups excluding carboxylic acids is 2. The zero-order valence-electron chi connectivity index (χ0n) is 12.5. The lowest BCUT2D eigenvalue weighted by Crippen LogP contribution is -2.35. The number of hydrogen-bond donors (Lipinski definition) is 1.